The molecule has 5 heteroatoms. The van der Waals surface area contributed by atoms with Gasteiger partial charge in [-0.25, -0.2) is 4.79 Å². The van der Waals surface area contributed by atoms with Gasteiger partial charge in [0.25, 0.3) is 0 Å². The first-order chi connectivity index (χ1) is 13.4. The number of nitrogens with one attached hydrogen (secondary N) is 1. The summed E-state index contributed by atoms with van der Waals surface area (Å²) in [6.07, 6.45) is 5.17. The summed E-state index contributed by atoms with van der Waals surface area (Å²) in [5.41, 5.74) is 0.992. The highest BCUT2D eigenvalue weighted by molar-refractivity contribution is 5.75. The lowest BCUT2D eigenvalue weighted by Gasteiger charge is -2.46. The molecule has 0 aliphatic carbocycles. The lowest BCUT2D eigenvalue weighted by atomic mass is 9.78. The Kier molecular flexibility index (Phi) is 7.00. The highest BCUT2D eigenvalue weighted by Gasteiger charge is 2.41. The minimum atomic E-state index is -0.196. The Hall–Kier alpha value is -1.59. The van der Waals surface area contributed by atoms with Crippen LogP contribution in [0.5, 0.6) is 0 Å². The van der Waals surface area contributed by atoms with Crippen LogP contribution in [0.3, 0.4) is 0 Å². The van der Waals surface area contributed by atoms with E-state index >= 15 is 0 Å². The minimum absolute atomic E-state index is 0.0408. The van der Waals surface area contributed by atoms with Crippen LogP contribution in [0.1, 0.15) is 58.4 Å². The van der Waals surface area contributed by atoms with Gasteiger partial charge in [-0.2, -0.15) is 0 Å². The molecule has 2 amide bonds. The molecule has 156 valence electrons. The molecule has 2 saturated heterocycles. The summed E-state index contributed by atoms with van der Waals surface area (Å²) >= 11 is 0. The van der Waals surface area contributed by atoms with Crippen molar-refractivity contribution >= 4 is 6.03 Å². The second kappa shape index (κ2) is 9.27. The molecule has 1 spiro atoms. The molecule has 2 heterocycles. The number of likely N-dealkylation sites (tertiary alicyclic amines) is 1. The topological polar surface area (TPSA) is 50.8 Å². The molecular formula is C23H36N2O3. The number of hydrogen-bond donors (Lipinski definition) is 1. The molecule has 2 fully saturated rings. The molecule has 1 atom stereocenters. The Morgan fingerprint density at radius 3 is 2.64 bits per heavy atom. The van der Waals surface area contributed by atoms with E-state index in [-0.39, 0.29) is 17.2 Å². The summed E-state index contributed by atoms with van der Waals surface area (Å²) in [7, 11) is 0. The van der Waals surface area contributed by atoms with Crippen molar-refractivity contribution < 1.29 is 14.3 Å². The Bertz CT molecular complexity index is 618. The molecule has 0 aromatic heterocycles. The Morgan fingerprint density at radius 1 is 1.25 bits per heavy atom. The quantitative estimate of drug-likeness (QED) is 0.763. The molecule has 1 aromatic rings. The Balaban J connectivity index is 1.40. The summed E-state index contributed by atoms with van der Waals surface area (Å²) in [5.74, 6) is 0.652. The number of nitrogens with zero attached hydrogens (tertiary/aromatic N) is 1. The van der Waals surface area contributed by atoms with Crippen molar-refractivity contribution in [2.75, 3.05) is 26.3 Å². The van der Waals surface area contributed by atoms with E-state index in [0.29, 0.717) is 12.5 Å². The maximum Gasteiger partial charge on any atom is 0.317 e. The molecule has 0 radical (unpaired) electrons. The van der Waals surface area contributed by atoms with E-state index in [9.17, 15) is 4.79 Å². The number of hydrogen-bond acceptors (Lipinski definition) is 3. The number of urea groups is 1. The third kappa shape index (κ3) is 6.21. The van der Waals surface area contributed by atoms with Gasteiger partial charge in [-0.1, -0.05) is 30.3 Å². The van der Waals surface area contributed by atoms with Crippen molar-refractivity contribution in [1.29, 1.82) is 0 Å². The predicted octanol–water partition coefficient (Wildman–Crippen LogP) is 4.36. The van der Waals surface area contributed by atoms with Crippen molar-refractivity contribution in [3.63, 3.8) is 0 Å². The molecule has 5 nitrogen and oxygen atoms in total. The summed E-state index contributed by atoms with van der Waals surface area (Å²) in [5, 5.41) is 3.07. The summed E-state index contributed by atoms with van der Waals surface area (Å²) in [6, 6.07) is 10.4. The fourth-order valence-electron chi connectivity index (χ4n) is 4.26. The zero-order valence-electron chi connectivity index (χ0n) is 17.7. The Labute approximate surface area is 169 Å². The third-order valence-corrected chi connectivity index (χ3v) is 5.82. The molecule has 2 aliphatic rings. The normalized spacial score (nSPS) is 22.2. The van der Waals surface area contributed by atoms with Gasteiger partial charge in [0.05, 0.1) is 12.2 Å². The van der Waals surface area contributed by atoms with Crippen molar-refractivity contribution in [2.24, 2.45) is 5.92 Å². The van der Waals surface area contributed by atoms with Gasteiger partial charge in [0.2, 0.25) is 0 Å². The maximum absolute atomic E-state index is 12.4. The van der Waals surface area contributed by atoms with Crippen LogP contribution in [0.25, 0.3) is 0 Å². The van der Waals surface area contributed by atoms with Gasteiger partial charge in [-0.3, -0.25) is 0 Å². The van der Waals surface area contributed by atoms with Crippen LogP contribution >= 0.6 is 0 Å². The highest BCUT2D eigenvalue weighted by Crippen LogP contribution is 2.38. The number of amides is 2. The second-order valence-corrected chi connectivity index (χ2v) is 9.38. The second-order valence-electron chi connectivity index (χ2n) is 9.38. The van der Waals surface area contributed by atoms with Crippen molar-refractivity contribution in [3.05, 3.63) is 35.9 Å². The van der Waals surface area contributed by atoms with Crippen LogP contribution in [0.15, 0.2) is 30.3 Å². The van der Waals surface area contributed by atoms with Crippen molar-refractivity contribution in [3.8, 4) is 0 Å². The largest absolute Gasteiger partial charge is 0.377 e. The summed E-state index contributed by atoms with van der Waals surface area (Å²) in [4.78, 5) is 14.3. The van der Waals surface area contributed by atoms with E-state index < -0.39 is 0 Å². The summed E-state index contributed by atoms with van der Waals surface area (Å²) < 4.78 is 12.1. The van der Waals surface area contributed by atoms with Crippen molar-refractivity contribution in [2.45, 2.75) is 70.6 Å². The van der Waals surface area contributed by atoms with E-state index in [0.717, 1.165) is 58.4 Å². The van der Waals surface area contributed by atoms with E-state index in [1.165, 1.54) is 5.56 Å². The van der Waals surface area contributed by atoms with Gasteiger partial charge in [-0.15, -0.1) is 0 Å². The van der Waals surface area contributed by atoms with Crippen LogP contribution in [0.2, 0.25) is 0 Å². The minimum Gasteiger partial charge on any atom is -0.377 e. The highest BCUT2D eigenvalue weighted by atomic mass is 16.5. The van der Waals surface area contributed by atoms with Gasteiger partial charge < -0.3 is 19.7 Å². The number of piperidine rings is 1. The smallest absolute Gasteiger partial charge is 0.317 e. The summed E-state index contributed by atoms with van der Waals surface area (Å²) in [6.45, 7) is 9.93. The predicted molar refractivity (Wildman–Crippen MR) is 111 cm³/mol. The average Bonchev–Trinajstić information content (AvgIpc) is 2.65. The zero-order valence-corrected chi connectivity index (χ0v) is 17.7. The standard InChI is InChI=1S/C23H36N2O3/c1-22(2,3)24-21(26)25-13-11-23(12-14-25)17-19(10-16-28-23)9-15-27-18-20-7-5-4-6-8-20/h4-8,19H,9-18H2,1-3H3,(H,24,26). The number of ether oxygens (including phenoxy) is 2. The molecule has 3 rings (SSSR count). The zero-order chi connectivity index (χ0) is 20.0. The molecule has 28 heavy (non-hydrogen) atoms. The number of rotatable bonds is 5. The van der Waals surface area contributed by atoms with E-state index in [2.05, 4.69) is 29.6 Å². The monoisotopic (exact) mass is 388 g/mol. The molecular weight excluding hydrogens is 352 g/mol. The number of carbonyl (C=O) groups is 1. The van der Waals surface area contributed by atoms with Crippen LogP contribution in [-0.2, 0) is 16.1 Å². The molecule has 1 aromatic carbocycles. The SMILES string of the molecule is CC(C)(C)NC(=O)N1CCC2(CC1)CC(CCOCc1ccccc1)CCO2. The fraction of sp³-hybridized carbons (Fsp3) is 0.696. The van der Waals surface area contributed by atoms with E-state index in [4.69, 9.17) is 9.47 Å². The molecule has 2 aliphatic heterocycles. The van der Waals surface area contributed by atoms with Crippen LogP contribution in [0, 0.1) is 5.92 Å². The van der Waals surface area contributed by atoms with Crippen LogP contribution in [-0.4, -0.2) is 48.4 Å². The van der Waals surface area contributed by atoms with E-state index in [1.807, 2.05) is 31.7 Å². The van der Waals surface area contributed by atoms with Crippen LogP contribution in [0.4, 0.5) is 4.79 Å². The van der Waals surface area contributed by atoms with Gasteiger partial charge in [0.1, 0.15) is 0 Å². The van der Waals surface area contributed by atoms with Gasteiger partial charge in [0.15, 0.2) is 0 Å². The van der Waals surface area contributed by atoms with Gasteiger partial charge in [-0.05, 0) is 64.4 Å². The lowest BCUT2D eigenvalue weighted by molar-refractivity contribution is -0.125. The van der Waals surface area contributed by atoms with Crippen LogP contribution < -0.4 is 5.32 Å². The van der Waals surface area contributed by atoms with Gasteiger partial charge in [0, 0.05) is 31.8 Å². The first-order valence-corrected chi connectivity index (χ1v) is 10.7. The molecule has 0 saturated carbocycles. The van der Waals surface area contributed by atoms with Gasteiger partial charge >= 0.3 is 6.03 Å². The molecule has 0 bridgehead atoms. The first kappa shape index (κ1) is 21.1. The molecule has 1 N–H and O–H groups in total. The third-order valence-electron chi connectivity index (χ3n) is 5.82. The molecule has 1 unspecified atom stereocenters. The fourth-order valence-corrected chi connectivity index (χ4v) is 4.26. The number of benzene rings is 1. The van der Waals surface area contributed by atoms with Crippen molar-refractivity contribution in [1.82, 2.24) is 10.2 Å². The Morgan fingerprint density at radius 2 is 1.96 bits per heavy atom. The average molecular weight is 389 g/mol. The number of carbonyl (C=O) groups excluding carboxylic acids is 1. The van der Waals surface area contributed by atoms with E-state index in [1.54, 1.807) is 0 Å². The lowest BCUT2D eigenvalue weighted by Crippen LogP contribution is -2.55. The maximum atomic E-state index is 12.4. The first-order valence-electron chi connectivity index (χ1n) is 10.7.